The predicted octanol–water partition coefficient (Wildman–Crippen LogP) is 4.67. The van der Waals surface area contributed by atoms with Crippen molar-refractivity contribution in [3.05, 3.63) is 0 Å². The lowest BCUT2D eigenvalue weighted by Crippen LogP contribution is -2.41. The highest BCUT2D eigenvalue weighted by molar-refractivity contribution is 5.50. The van der Waals surface area contributed by atoms with Crippen LogP contribution in [0.4, 0.5) is 4.79 Å². The van der Waals surface area contributed by atoms with Gasteiger partial charge < -0.3 is 19.5 Å². The third kappa shape index (κ3) is 26.4. The molecule has 0 aromatic rings. The minimum Gasteiger partial charge on any atom is -0.565 e. The Morgan fingerprint density at radius 1 is 0.739 bits per heavy atom. The summed E-state index contributed by atoms with van der Waals surface area (Å²) < 4.78 is 1.24. The molecule has 0 rings (SSSR count). The fourth-order valence-corrected chi connectivity index (χ4v) is 2.75. The molecule has 0 aliphatic heterocycles. The van der Waals surface area contributed by atoms with Gasteiger partial charge in [-0.2, -0.15) is 0 Å². The molecule has 0 unspecified atom stereocenters. The molecule has 0 saturated heterocycles. The van der Waals surface area contributed by atoms with Gasteiger partial charge in [0.2, 0.25) is 6.16 Å². The summed E-state index contributed by atoms with van der Waals surface area (Å²) in [6.45, 7) is 7.34. The van der Waals surface area contributed by atoms with E-state index in [0.717, 1.165) is 0 Å². The van der Waals surface area contributed by atoms with Crippen molar-refractivity contribution >= 4 is 6.16 Å². The molecule has 0 amide bonds. The van der Waals surface area contributed by atoms with E-state index in [1.807, 2.05) is 0 Å². The predicted molar refractivity (Wildman–Crippen MR) is 96.6 cm³/mol. The van der Waals surface area contributed by atoms with Crippen LogP contribution in [-0.2, 0) is 0 Å². The van der Waals surface area contributed by atoms with Crippen molar-refractivity contribution < 1.29 is 19.5 Å². The molecule has 0 saturated carbocycles. The second kappa shape index (κ2) is 17.6. The van der Waals surface area contributed by atoms with E-state index >= 15 is 0 Å². The minimum atomic E-state index is -2.08. The van der Waals surface area contributed by atoms with Crippen LogP contribution in [0.2, 0.25) is 0 Å². The molecule has 0 atom stereocenters. The first-order valence-electron chi connectivity index (χ1n) is 9.57. The Labute approximate surface area is 144 Å². The molecule has 140 valence electrons. The van der Waals surface area contributed by atoms with E-state index in [4.69, 9.17) is 15.0 Å². The number of quaternary nitrogens is 1. The van der Waals surface area contributed by atoms with E-state index in [2.05, 4.69) is 27.9 Å². The van der Waals surface area contributed by atoms with E-state index in [9.17, 15) is 0 Å². The Morgan fingerprint density at radius 3 is 1.30 bits per heavy atom. The molecular weight excluding hydrogens is 290 g/mol. The van der Waals surface area contributed by atoms with Crippen molar-refractivity contribution in [3.63, 3.8) is 0 Å². The number of carbonyl (C=O) groups is 1. The molecule has 4 heteroatoms. The van der Waals surface area contributed by atoms with Crippen LogP contribution >= 0.6 is 0 Å². The van der Waals surface area contributed by atoms with E-state index in [1.165, 1.54) is 94.6 Å². The van der Waals surface area contributed by atoms with Crippen molar-refractivity contribution in [2.24, 2.45) is 0 Å². The molecule has 0 radical (unpaired) electrons. The maximum absolute atomic E-state index is 8.44. The number of nitrogens with zero attached hydrogens (tertiary/aromatic N) is 1. The topological polar surface area (TPSA) is 60.4 Å². The largest absolute Gasteiger partial charge is 0.565 e. The van der Waals surface area contributed by atoms with E-state index in [1.54, 1.807) is 0 Å². The Balaban J connectivity index is 0. The molecule has 0 spiro atoms. The monoisotopic (exact) mass is 331 g/mol. The summed E-state index contributed by atoms with van der Waals surface area (Å²) in [6.07, 6.45) is 15.0. The smallest absolute Gasteiger partial charge is 0.249 e. The maximum Gasteiger partial charge on any atom is 0.249 e. The van der Waals surface area contributed by atoms with Crippen molar-refractivity contribution in [1.29, 1.82) is 0 Å². The zero-order valence-corrected chi connectivity index (χ0v) is 16.1. The highest BCUT2D eigenvalue weighted by atomic mass is 16.6. The molecule has 23 heavy (non-hydrogen) atoms. The Bertz CT molecular complexity index is 233. The van der Waals surface area contributed by atoms with Crippen molar-refractivity contribution in [2.75, 3.05) is 27.2 Å². The normalized spacial score (nSPS) is 11.0. The zero-order chi connectivity index (χ0) is 18.0. The van der Waals surface area contributed by atoms with Gasteiger partial charge in [-0.05, 0) is 25.7 Å². The molecule has 0 aliphatic rings. The molecule has 0 aromatic heterocycles. The van der Waals surface area contributed by atoms with Crippen LogP contribution in [0, 0.1) is 0 Å². The van der Waals surface area contributed by atoms with Crippen molar-refractivity contribution in [1.82, 2.24) is 0 Å². The third-order valence-electron chi connectivity index (χ3n) is 4.23. The zero-order valence-electron chi connectivity index (χ0n) is 16.1. The van der Waals surface area contributed by atoms with Crippen molar-refractivity contribution in [3.8, 4) is 0 Å². The SMILES string of the molecule is CCCCCCCC[N+](C)(C)CCCCCCCC.O=C([O-])O. The average Bonchev–Trinajstić information content (AvgIpc) is 2.46. The third-order valence-corrected chi connectivity index (χ3v) is 4.23. The first kappa shape index (κ1) is 24.5. The molecule has 4 nitrogen and oxygen atoms in total. The van der Waals surface area contributed by atoms with Gasteiger partial charge in [-0.3, -0.25) is 0 Å². The van der Waals surface area contributed by atoms with Crippen LogP contribution in [-0.4, -0.2) is 42.9 Å². The van der Waals surface area contributed by atoms with Gasteiger partial charge in [-0.1, -0.05) is 65.2 Å². The van der Waals surface area contributed by atoms with E-state index in [0.29, 0.717) is 0 Å². The van der Waals surface area contributed by atoms with Crippen LogP contribution in [0.5, 0.6) is 0 Å². The van der Waals surface area contributed by atoms with Gasteiger partial charge in [0, 0.05) is 0 Å². The molecule has 0 heterocycles. The minimum absolute atomic E-state index is 1.24. The summed E-state index contributed by atoms with van der Waals surface area (Å²) in [6, 6.07) is 0. The van der Waals surface area contributed by atoms with Crippen LogP contribution < -0.4 is 5.11 Å². The average molecular weight is 332 g/mol. The summed E-state index contributed by atoms with van der Waals surface area (Å²) in [4.78, 5) is 8.44. The quantitative estimate of drug-likeness (QED) is 0.371. The van der Waals surface area contributed by atoms with Crippen LogP contribution in [0.3, 0.4) is 0 Å². The summed E-state index contributed by atoms with van der Waals surface area (Å²) in [7, 11) is 4.83. The van der Waals surface area contributed by atoms with Gasteiger partial charge in [-0.25, -0.2) is 0 Å². The maximum atomic E-state index is 8.44. The molecule has 0 fully saturated rings. The molecule has 0 bridgehead atoms. The number of carboxylic acid groups (broad SMARTS) is 2. The highest BCUT2D eigenvalue weighted by Gasteiger charge is 2.13. The van der Waals surface area contributed by atoms with Gasteiger partial charge in [0.05, 0.1) is 27.2 Å². The van der Waals surface area contributed by atoms with Gasteiger partial charge in [-0.15, -0.1) is 0 Å². The van der Waals surface area contributed by atoms with E-state index in [-0.39, 0.29) is 0 Å². The number of hydrogen-bond acceptors (Lipinski definition) is 2. The number of rotatable bonds is 14. The van der Waals surface area contributed by atoms with Crippen LogP contribution in [0.25, 0.3) is 0 Å². The summed E-state index contributed by atoms with van der Waals surface area (Å²) >= 11 is 0. The van der Waals surface area contributed by atoms with Gasteiger partial charge >= 0.3 is 0 Å². The van der Waals surface area contributed by atoms with Crippen LogP contribution in [0.15, 0.2) is 0 Å². The Hall–Kier alpha value is -0.770. The fourth-order valence-electron chi connectivity index (χ4n) is 2.75. The Morgan fingerprint density at radius 2 is 1.00 bits per heavy atom. The molecular formula is C19H41NO3. The summed E-state index contributed by atoms with van der Waals surface area (Å²) in [5, 5.41) is 15.3. The van der Waals surface area contributed by atoms with Gasteiger partial charge in [0.1, 0.15) is 0 Å². The number of hydrogen-bond donors (Lipinski definition) is 1. The lowest BCUT2D eigenvalue weighted by atomic mass is 10.1. The Kier molecular flexibility index (Phi) is 18.7. The second-order valence-corrected chi connectivity index (χ2v) is 7.18. The highest BCUT2D eigenvalue weighted by Crippen LogP contribution is 2.11. The molecule has 1 N–H and O–H groups in total. The summed E-state index contributed by atoms with van der Waals surface area (Å²) in [5.41, 5.74) is 0. The second-order valence-electron chi connectivity index (χ2n) is 7.18. The number of unbranched alkanes of at least 4 members (excludes halogenated alkanes) is 10. The molecule has 0 aliphatic carbocycles. The lowest BCUT2D eigenvalue weighted by molar-refractivity contribution is -0.890. The lowest BCUT2D eigenvalue weighted by Gasteiger charge is -2.30. The fraction of sp³-hybridized carbons (Fsp3) is 0.947. The van der Waals surface area contributed by atoms with Crippen molar-refractivity contribution in [2.45, 2.75) is 90.9 Å². The van der Waals surface area contributed by atoms with Gasteiger partial charge in [0.15, 0.2) is 0 Å². The first-order valence-corrected chi connectivity index (χ1v) is 9.57. The molecule has 0 aromatic carbocycles. The first-order chi connectivity index (χ1) is 10.9. The van der Waals surface area contributed by atoms with Gasteiger partial charge in [0.25, 0.3) is 0 Å². The summed E-state index contributed by atoms with van der Waals surface area (Å²) in [5.74, 6) is 0. The van der Waals surface area contributed by atoms with Crippen LogP contribution in [0.1, 0.15) is 90.9 Å². The van der Waals surface area contributed by atoms with E-state index < -0.39 is 6.16 Å². The standard InChI is InChI=1S/C18H40N.CH2O3/c1-5-7-9-11-13-15-17-19(3,4)18-16-14-12-10-8-6-2;2-1(3)4/h5-18H2,1-4H3;(H2,2,3,4)/q+1;/p-1.